The van der Waals surface area contributed by atoms with E-state index in [1.54, 1.807) is 0 Å². The third kappa shape index (κ3) is 3.28. The van der Waals surface area contributed by atoms with Crippen molar-refractivity contribution in [2.24, 2.45) is 5.92 Å². The number of rotatable bonds is 6. The largest absolute Gasteiger partial charge is 0.370 e. The van der Waals surface area contributed by atoms with E-state index in [2.05, 4.69) is 36.4 Å². The molecule has 2 heteroatoms. The van der Waals surface area contributed by atoms with E-state index in [-0.39, 0.29) is 11.5 Å². The highest BCUT2D eigenvalue weighted by Crippen LogP contribution is 2.44. The van der Waals surface area contributed by atoms with Crippen LogP contribution in [0.25, 0.3) is 0 Å². The molecule has 0 bridgehead atoms. The summed E-state index contributed by atoms with van der Waals surface area (Å²) in [5, 5.41) is 0. The Kier molecular flexibility index (Phi) is 4.69. The van der Waals surface area contributed by atoms with E-state index in [4.69, 9.17) is 4.74 Å². The van der Waals surface area contributed by atoms with Crippen LogP contribution in [0, 0.1) is 5.92 Å². The van der Waals surface area contributed by atoms with Gasteiger partial charge in [0.2, 0.25) is 0 Å². The molecule has 2 unspecified atom stereocenters. The lowest BCUT2D eigenvalue weighted by molar-refractivity contribution is -0.112. The normalized spacial score (nSPS) is 24.3. The van der Waals surface area contributed by atoms with Gasteiger partial charge in [0.25, 0.3) is 0 Å². The van der Waals surface area contributed by atoms with E-state index in [9.17, 15) is 4.79 Å². The minimum Gasteiger partial charge on any atom is -0.370 e. The molecular weight excluding hydrogens is 272 g/mol. The molecule has 3 rings (SSSR count). The summed E-state index contributed by atoms with van der Waals surface area (Å²) in [7, 11) is 0. The molecule has 2 nitrogen and oxygen atoms in total. The van der Waals surface area contributed by atoms with Gasteiger partial charge in [-0.1, -0.05) is 60.7 Å². The number of ether oxygens (including phenoxy) is 1. The molecule has 0 saturated heterocycles. The molecule has 2 atom stereocenters. The standard InChI is InChI=1S/C20H22O2/c21-16-18-11-13-20(15-18,19-9-5-2-6-10-19)22-14-12-17-7-3-1-4-8-17/h1-10,16,18H,11-15H2. The van der Waals surface area contributed by atoms with Crippen molar-refractivity contribution in [2.45, 2.75) is 31.3 Å². The van der Waals surface area contributed by atoms with Gasteiger partial charge < -0.3 is 9.53 Å². The maximum Gasteiger partial charge on any atom is 0.123 e. The van der Waals surface area contributed by atoms with E-state index in [0.717, 1.165) is 32.0 Å². The molecule has 1 fully saturated rings. The number of carbonyl (C=O) groups excluding carboxylic acids is 1. The Labute approximate surface area is 132 Å². The van der Waals surface area contributed by atoms with Crippen molar-refractivity contribution < 1.29 is 9.53 Å². The lowest BCUT2D eigenvalue weighted by atomic mass is 9.91. The molecule has 1 aliphatic carbocycles. The summed E-state index contributed by atoms with van der Waals surface area (Å²) < 4.78 is 6.35. The quantitative estimate of drug-likeness (QED) is 0.748. The monoisotopic (exact) mass is 294 g/mol. The van der Waals surface area contributed by atoms with Gasteiger partial charge in [0.1, 0.15) is 6.29 Å². The number of hydrogen-bond donors (Lipinski definition) is 0. The first kappa shape index (κ1) is 15.0. The molecule has 1 aliphatic rings. The SMILES string of the molecule is O=CC1CCC(OCCc2ccccc2)(c2ccccc2)C1. The Balaban J connectivity index is 1.71. The van der Waals surface area contributed by atoms with Crippen molar-refractivity contribution in [1.29, 1.82) is 0 Å². The van der Waals surface area contributed by atoms with Crippen LogP contribution in [0.2, 0.25) is 0 Å². The van der Waals surface area contributed by atoms with Crippen molar-refractivity contribution in [3.8, 4) is 0 Å². The van der Waals surface area contributed by atoms with Crippen LogP contribution in [0.5, 0.6) is 0 Å². The third-order valence-electron chi connectivity index (χ3n) is 4.62. The van der Waals surface area contributed by atoms with Gasteiger partial charge in [-0.2, -0.15) is 0 Å². The molecule has 1 saturated carbocycles. The summed E-state index contributed by atoms with van der Waals surface area (Å²) in [6.07, 6.45) is 4.64. The van der Waals surface area contributed by atoms with Gasteiger partial charge in [-0.15, -0.1) is 0 Å². The lowest BCUT2D eigenvalue weighted by Gasteiger charge is -2.30. The average Bonchev–Trinajstić information content (AvgIpc) is 3.02. The second kappa shape index (κ2) is 6.89. The van der Waals surface area contributed by atoms with Crippen molar-refractivity contribution in [3.63, 3.8) is 0 Å². The highest BCUT2D eigenvalue weighted by Gasteiger charge is 2.41. The first-order valence-electron chi connectivity index (χ1n) is 8.01. The molecule has 0 aromatic heterocycles. The Morgan fingerprint density at radius 3 is 2.36 bits per heavy atom. The molecule has 0 radical (unpaired) electrons. The van der Waals surface area contributed by atoms with Crippen LogP contribution >= 0.6 is 0 Å². The maximum absolute atomic E-state index is 11.2. The molecule has 2 aromatic rings. The van der Waals surface area contributed by atoms with Gasteiger partial charge >= 0.3 is 0 Å². The Morgan fingerprint density at radius 1 is 1.05 bits per heavy atom. The first-order chi connectivity index (χ1) is 10.8. The fraction of sp³-hybridized carbons (Fsp3) is 0.350. The van der Waals surface area contributed by atoms with E-state index in [1.807, 2.05) is 24.3 Å². The number of aldehydes is 1. The van der Waals surface area contributed by atoms with Crippen LogP contribution in [-0.4, -0.2) is 12.9 Å². The molecule has 0 spiro atoms. The van der Waals surface area contributed by atoms with Gasteiger partial charge in [0, 0.05) is 5.92 Å². The Morgan fingerprint density at radius 2 is 1.73 bits per heavy atom. The maximum atomic E-state index is 11.2. The van der Waals surface area contributed by atoms with Crippen LogP contribution in [0.15, 0.2) is 60.7 Å². The zero-order valence-electron chi connectivity index (χ0n) is 12.8. The number of hydrogen-bond acceptors (Lipinski definition) is 2. The smallest absolute Gasteiger partial charge is 0.123 e. The summed E-state index contributed by atoms with van der Waals surface area (Å²) in [6, 6.07) is 20.8. The molecular formula is C20H22O2. The van der Waals surface area contributed by atoms with Crippen molar-refractivity contribution >= 4 is 6.29 Å². The van der Waals surface area contributed by atoms with E-state index in [0.29, 0.717) is 6.61 Å². The van der Waals surface area contributed by atoms with Gasteiger partial charge in [-0.3, -0.25) is 0 Å². The first-order valence-corrected chi connectivity index (χ1v) is 8.01. The van der Waals surface area contributed by atoms with Crippen LogP contribution in [0.3, 0.4) is 0 Å². The minimum absolute atomic E-state index is 0.122. The second-order valence-corrected chi connectivity index (χ2v) is 6.08. The van der Waals surface area contributed by atoms with E-state index >= 15 is 0 Å². The lowest BCUT2D eigenvalue weighted by Crippen LogP contribution is -2.28. The average molecular weight is 294 g/mol. The molecule has 0 N–H and O–H groups in total. The van der Waals surface area contributed by atoms with E-state index < -0.39 is 0 Å². The molecule has 0 aliphatic heterocycles. The van der Waals surface area contributed by atoms with Gasteiger partial charge in [0.15, 0.2) is 0 Å². The predicted molar refractivity (Wildman–Crippen MR) is 87.6 cm³/mol. The zero-order chi connectivity index (χ0) is 15.3. The highest BCUT2D eigenvalue weighted by atomic mass is 16.5. The summed E-state index contributed by atoms with van der Waals surface area (Å²) >= 11 is 0. The van der Waals surface area contributed by atoms with Crippen molar-refractivity contribution in [3.05, 3.63) is 71.8 Å². The molecule has 0 amide bonds. The third-order valence-corrected chi connectivity index (χ3v) is 4.62. The van der Waals surface area contributed by atoms with Crippen LogP contribution in [0.1, 0.15) is 30.4 Å². The van der Waals surface area contributed by atoms with Gasteiger partial charge in [-0.05, 0) is 36.8 Å². The topological polar surface area (TPSA) is 26.3 Å². The van der Waals surface area contributed by atoms with Crippen LogP contribution < -0.4 is 0 Å². The fourth-order valence-electron chi connectivity index (χ4n) is 3.39. The summed E-state index contributed by atoms with van der Waals surface area (Å²) in [5.41, 5.74) is 2.20. The molecule has 2 aromatic carbocycles. The molecule has 114 valence electrons. The summed E-state index contributed by atoms with van der Waals surface area (Å²) in [6.45, 7) is 0.685. The van der Waals surface area contributed by atoms with Crippen molar-refractivity contribution in [2.75, 3.05) is 6.61 Å². The Bertz CT molecular complexity index is 594. The number of carbonyl (C=O) groups is 1. The van der Waals surface area contributed by atoms with Gasteiger partial charge in [-0.25, -0.2) is 0 Å². The highest BCUT2D eigenvalue weighted by molar-refractivity contribution is 5.55. The minimum atomic E-state index is -0.290. The Hall–Kier alpha value is -1.93. The van der Waals surface area contributed by atoms with Crippen molar-refractivity contribution in [1.82, 2.24) is 0 Å². The molecule has 22 heavy (non-hydrogen) atoms. The zero-order valence-corrected chi connectivity index (χ0v) is 12.8. The predicted octanol–water partition coefficient (Wildman–Crippen LogP) is 4.14. The van der Waals surface area contributed by atoms with Crippen LogP contribution in [0.4, 0.5) is 0 Å². The van der Waals surface area contributed by atoms with Gasteiger partial charge in [0.05, 0.1) is 12.2 Å². The second-order valence-electron chi connectivity index (χ2n) is 6.08. The van der Waals surface area contributed by atoms with E-state index in [1.165, 1.54) is 11.1 Å². The summed E-state index contributed by atoms with van der Waals surface area (Å²) in [4.78, 5) is 11.2. The number of benzene rings is 2. The van der Waals surface area contributed by atoms with Crippen LogP contribution in [-0.2, 0) is 21.6 Å². The fourth-order valence-corrected chi connectivity index (χ4v) is 3.39. The molecule has 0 heterocycles. The summed E-state index contributed by atoms with van der Waals surface area (Å²) in [5.74, 6) is 0.122.